The summed E-state index contributed by atoms with van der Waals surface area (Å²) in [5.41, 5.74) is 2.41. The van der Waals surface area contributed by atoms with E-state index in [-0.39, 0.29) is 0 Å². The van der Waals surface area contributed by atoms with Crippen LogP contribution in [0.25, 0.3) is 6.08 Å². The van der Waals surface area contributed by atoms with Gasteiger partial charge in [-0.25, -0.2) is 0 Å². The molecule has 1 fully saturated rings. The molecule has 1 N–H and O–H groups in total. The first-order valence-corrected chi connectivity index (χ1v) is 8.26. The topological polar surface area (TPSA) is 24.5 Å². The van der Waals surface area contributed by atoms with Gasteiger partial charge in [0.05, 0.1) is 6.61 Å². The number of fused-ring (bicyclic) bond motifs is 1. The van der Waals surface area contributed by atoms with Gasteiger partial charge in [0.15, 0.2) is 0 Å². The Morgan fingerprint density at radius 1 is 1.24 bits per heavy atom. The van der Waals surface area contributed by atoms with Crippen LogP contribution in [0.4, 0.5) is 0 Å². The molecule has 4 heteroatoms. The molecule has 3 nitrogen and oxygen atoms in total. The van der Waals surface area contributed by atoms with E-state index in [0.717, 1.165) is 69.4 Å². The third-order valence-electron chi connectivity index (χ3n) is 4.19. The number of rotatable bonds is 5. The Bertz CT molecular complexity index is 510. The van der Waals surface area contributed by atoms with Crippen molar-refractivity contribution in [1.29, 1.82) is 0 Å². The summed E-state index contributed by atoms with van der Waals surface area (Å²) in [6.45, 7) is 6.41. The molecule has 0 saturated carbocycles. The van der Waals surface area contributed by atoms with Crippen molar-refractivity contribution >= 4 is 17.7 Å². The summed E-state index contributed by atoms with van der Waals surface area (Å²) in [5, 5.41) is 4.24. The average Bonchev–Trinajstić information content (AvgIpc) is 2.55. The predicted octanol–water partition coefficient (Wildman–Crippen LogP) is 2.97. The van der Waals surface area contributed by atoms with Crippen molar-refractivity contribution in [3.8, 4) is 5.75 Å². The standard InChI is InChI=1S/C17H23ClN2O/c18-16-6-7-17(15-5-2-1-4-14(15)16)21-13-3-10-20-11-8-19-9-12-20/h2,5-7,19H,1,3-4,8-13H2. The molecule has 21 heavy (non-hydrogen) atoms. The van der Waals surface area contributed by atoms with Gasteiger partial charge >= 0.3 is 0 Å². The van der Waals surface area contributed by atoms with Gasteiger partial charge in [0.25, 0.3) is 0 Å². The van der Waals surface area contributed by atoms with E-state index >= 15 is 0 Å². The molecule has 0 atom stereocenters. The number of halogens is 1. The van der Waals surface area contributed by atoms with E-state index in [9.17, 15) is 0 Å². The highest BCUT2D eigenvalue weighted by Gasteiger charge is 2.14. The van der Waals surface area contributed by atoms with Gasteiger partial charge in [-0.05, 0) is 37.0 Å². The van der Waals surface area contributed by atoms with Crippen molar-refractivity contribution in [3.63, 3.8) is 0 Å². The number of ether oxygens (including phenoxy) is 1. The number of hydrogen-bond acceptors (Lipinski definition) is 3. The summed E-state index contributed by atoms with van der Waals surface area (Å²) in [6, 6.07) is 3.97. The van der Waals surface area contributed by atoms with Gasteiger partial charge in [0, 0.05) is 43.3 Å². The molecule has 0 amide bonds. The molecular weight excluding hydrogens is 284 g/mol. The number of nitrogens with zero attached hydrogens (tertiary/aromatic N) is 1. The Balaban J connectivity index is 1.53. The zero-order valence-electron chi connectivity index (χ0n) is 12.4. The number of piperazine rings is 1. The fourth-order valence-corrected chi connectivity index (χ4v) is 3.27. The van der Waals surface area contributed by atoms with Crippen LogP contribution in [0.1, 0.15) is 24.0 Å². The van der Waals surface area contributed by atoms with Crippen molar-refractivity contribution in [2.24, 2.45) is 0 Å². The van der Waals surface area contributed by atoms with E-state index in [2.05, 4.69) is 22.4 Å². The number of benzene rings is 1. The van der Waals surface area contributed by atoms with Crippen LogP contribution < -0.4 is 10.1 Å². The van der Waals surface area contributed by atoms with Crippen LogP contribution in [0, 0.1) is 0 Å². The van der Waals surface area contributed by atoms with Crippen LogP contribution in [-0.2, 0) is 6.42 Å². The number of nitrogens with one attached hydrogen (secondary N) is 1. The summed E-state index contributed by atoms with van der Waals surface area (Å²) >= 11 is 6.27. The lowest BCUT2D eigenvalue weighted by Gasteiger charge is -2.27. The zero-order valence-corrected chi connectivity index (χ0v) is 13.2. The summed E-state index contributed by atoms with van der Waals surface area (Å²) in [6.07, 6.45) is 7.51. The molecule has 0 radical (unpaired) electrons. The minimum atomic E-state index is 0.770. The highest BCUT2D eigenvalue weighted by Crippen LogP contribution is 2.33. The highest BCUT2D eigenvalue weighted by molar-refractivity contribution is 6.31. The highest BCUT2D eigenvalue weighted by atomic mass is 35.5. The Morgan fingerprint density at radius 3 is 2.95 bits per heavy atom. The predicted molar refractivity (Wildman–Crippen MR) is 88.2 cm³/mol. The fraction of sp³-hybridized carbons (Fsp3) is 0.529. The van der Waals surface area contributed by atoms with Crippen LogP contribution in [0.5, 0.6) is 5.75 Å². The largest absolute Gasteiger partial charge is 0.493 e. The second-order valence-corrected chi connectivity index (χ2v) is 6.08. The average molecular weight is 307 g/mol. The van der Waals surface area contributed by atoms with Gasteiger partial charge in [0.2, 0.25) is 0 Å². The SMILES string of the molecule is Clc1ccc(OCCCN2CCNCC2)c2c1CCC=C2. The second kappa shape index (κ2) is 7.30. The lowest BCUT2D eigenvalue weighted by molar-refractivity contribution is 0.213. The first-order valence-electron chi connectivity index (χ1n) is 7.88. The molecule has 3 rings (SSSR count). The third kappa shape index (κ3) is 3.79. The Labute approximate surface area is 131 Å². The molecule has 2 aliphatic rings. The summed E-state index contributed by atoms with van der Waals surface area (Å²) in [5.74, 6) is 0.977. The van der Waals surface area contributed by atoms with E-state index in [1.54, 1.807) is 0 Å². The Morgan fingerprint density at radius 2 is 2.10 bits per heavy atom. The molecule has 114 valence electrons. The molecule has 1 aliphatic heterocycles. The van der Waals surface area contributed by atoms with Gasteiger partial charge in [-0.15, -0.1) is 0 Å². The van der Waals surface area contributed by atoms with E-state index < -0.39 is 0 Å². The summed E-state index contributed by atoms with van der Waals surface area (Å²) in [4.78, 5) is 2.50. The maximum Gasteiger partial charge on any atom is 0.126 e. The number of allylic oxidation sites excluding steroid dienone is 1. The smallest absolute Gasteiger partial charge is 0.126 e. The normalized spacial score (nSPS) is 18.5. The summed E-state index contributed by atoms with van der Waals surface area (Å²) in [7, 11) is 0. The molecule has 1 aromatic carbocycles. The second-order valence-electron chi connectivity index (χ2n) is 5.67. The quantitative estimate of drug-likeness (QED) is 0.847. The first kappa shape index (κ1) is 14.9. The van der Waals surface area contributed by atoms with E-state index in [1.165, 1.54) is 11.1 Å². The van der Waals surface area contributed by atoms with E-state index in [0.29, 0.717) is 0 Å². The third-order valence-corrected chi connectivity index (χ3v) is 4.55. The van der Waals surface area contributed by atoms with E-state index in [4.69, 9.17) is 16.3 Å². The van der Waals surface area contributed by atoms with Gasteiger partial charge in [0.1, 0.15) is 5.75 Å². The van der Waals surface area contributed by atoms with Gasteiger partial charge in [-0.3, -0.25) is 0 Å². The van der Waals surface area contributed by atoms with Crippen molar-refractivity contribution in [3.05, 3.63) is 34.4 Å². The zero-order chi connectivity index (χ0) is 14.5. The molecule has 0 spiro atoms. The molecule has 1 saturated heterocycles. The molecule has 0 unspecified atom stereocenters. The van der Waals surface area contributed by atoms with Crippen LogP contribution >= 0.6 is 11.6 Å². The maximum atomic E-state index is 6.27. The van der Waals surface area contributed by atoms with Crippen LogP contribution in [0.2, 0.25) is 5.02 Å². The van der Waals surface area contributed by atoms with Crippen molar-refractivity contribution in [1.82, 2.24) is 10.2 Å². The van der Waals surface area contributed by atoms with Crippen LogP contribution in [0.3, 0.4) is 0 Å². The molecule has 0 aromatic heterocycles. The molecule has 1 aromatic rings. The Hall–Kier alpha value is -1.03. The summed E-state index contributed by atoms with van der Waals surface area (Å²) < 4.78 is 6.00. The van der Waals surface area contributed by atoms with Crippen LogP contribution in [-0.4, -0.2) is 44.2 Å². The monoisotopic (exact) mass is 306 g/mol. The molecule has 1 aliphatic carbocycles. The van der Waals surface area contributed by atoms with Gasteiger partial charge < -0.3 is 15.0 Å². The first-order chi connectivity index (χ1) is 10.3. The molecule has 1 heterocycles. The van der Waals surface area contributed by atoms with Gasteiger partial charge in [-0.1, -0.05) is 23.8 Å². The van der Waals surface area contributed by atoms with Crippen LogP contribution in [0.15, 0.2) is 18.2 Å². The lowest BCUT2D eigenvalue weighted by atomic mass is 9.96. The maximum absolute atomic E-state index is 6.27. The minimum Gasteiger partial charge on any atom is -0.493 e. The Kier molecular flexibility index (Phi) is 5.17. The molecule has 0 bridgehead atoms. The molecular formula is C17H23ClN2O. The van der Waals surface area contributed by atoms with Crippen molar-refractivity contribution in [2.75, 3.05) is 39.3 Å². The number of hydrogen-bond donors (Lipinski definition) is 1. The van der Waals surface area contributed by atoms with Crippen molar-refractivity contribution in [2.45, 2.75) is 19.3 Å². The van der Waals surface area contributed by atoms with E-state index in [1.807, 2.05) is 12.1 Å². The minimum absolute atomic E-state index is 0.770. The van der Waals surface area contributed by atoms with Gasteiger partial charge in [-0.2, -0.15) is 0 Å². The van der Waals surface area contributed by atoms with Crippen molar-refractivity contribution < 1.29 is 4.74 Å². The fourth-order valence-electron chi connectivity index (χ4n) is 3.01. The lowest BCUT2D eigenvalue weighted by Crippen LogP contribution is -2.43.